The van der Waals surface area contributed by atoms with Gasteiger partial charge in [-0.25, -0.2) is 0 Å². The van der Waals surface area contributed by atoms with Crippen molar-refractivity contribution in [2.75, 3.05) is 11.1 Å². The van der Waals surface area contributed by atoms with Crippen LogP contribution in [0, 0.1) is 0 Å². The summed E-state index contributed by atoms with van der Waals surface area (Å²) in [4.78, 5) is 23.0. The Morgan fingerprint density at radius 1 is 1.28 bits per heavy atom. The highest BCUT2D eigenvalue weighted by Gasteiger charge is 2.13. The van der Waals surface area contributed by atoms with Gasteiger partial charge in [-0.2, -0.15) is 5.10 Å². The molecule has 0 atom stereocenters. The molecular weight excluding hydrogens is 234 g/mol. The number of aromatic nitrogens is 2. The Kier molecular flexibility index (Phi) is 2.96. The van der Waals surface area contributed by atoms with Crippen LogP contribution in [-0.4, -0.2) is 22.0 Å². The highest BCUT2D eigenvalue weighted by Crippen LogP contribution is 2.15. The third kappa shape index (κ3) is 2.29. The van der Waals surface area contributed by atoms with Crippen LogP contribution in [0.25, 0.3) is 0 Å². The third-order valence-corrected chi connectivity index (χ3v) is 2.28. The molecule has 0 spiro atoms. The first-order chi connectivity index (χ1) is 8.58. The molecule has 0 unspecified atom stereocenters. The van der Waals surface area contributed by atoms with Crippen LogP contribution in [0.1, 0.15) is 20.8 Å². The highest BCUT2D eigenvalue weighted by atomic mass is 16.2. The van der Waals surface area contributed by atoms with Gasteiger partial charge in [-0.15, -0.1) is 0 Å². The summed E-state index contributed by atoms with van der Waals surface area (Å²) < 4.78 is 0. The van der Waals surface area contributed by atoms with Crippen molar-refractivity contribution >= 4 is 23.3 Å². The van der Waals surface area contributed by atoms with Crippen LogP contribution in [0.2, 0.25) is 0 Å². The maximum Gasteiger partial charge on any atom is 0.273 e. The van der Waals surface area contributed by atoms with E-state index in [1.807, 2.05) is 0 Å². The fraction of sp³-hybridized carbons (Fsp3) is 0. The number of carbonyl (C=O) groups excluding carboxylic acids is 2. The van der Waals surface area contributed by atoms with Crippen molar-refractivity contribution < 1.29 is 9.59 Å². The Morgan fingerprint density at radius 3 is 2.61 bits per heavy atom. The molecule has 0 saturated carbocycles. The summed E-state index contributed by atoms with van der Waals surface area (Å²) in [5.41, 5.74) is 11.4. The fourth-order valence-corrected chi connectivity index (χ4v) is 1.45. The molecule has 0 aliphatic carbocycles. The summed E-state index contributed by atoms with van der Waals surface area (Å²) in [5, 5.41) is 8.66. The van der Waals surface area contributed by atoms with Gasteiger partial charge in [-0.05, 0) is 12.1 Å². The number of nitrogens with two attached hydrogens (primary N) is 2. The van der Waals surface area contributed by atoms with Crippen molar-refractivity contribution in [1.82, 2.24) is 10.2 Å². The summed E-state index contributed by atoms with van der Waals surface area (Å²) in [7, 11) is 0. The minimum atomic E-state index is -0.616. The minimum Gasteiger partial charge on any atom is -0.382 e. The lowest BCUT2D eigenvalue weighted by Gasteiger charge is -2.07. The largest absolute Gasteiger partial charge is 0.382 e. The molecule has 0 aliphatic rings. The van der Waals surface area contributed by atoms with E-state index < -0.39 is 11.8 Å². The number of hydrogen-bond donors (Lipinski definition) is 4. The molecule has 0 radical (unpaired) electrons. The molecule has 1 aromatic heterocycles. The van der Waals surface area contributed by atoms with E-state index in [2.05, 4.69) is 15.5 Å². The fourth-order valence-electron chi connectivity index (χ4n) is 1.45. The van der Waals surface area contributed by atoms with Gasteiger partial charge in [0.25, 0.3) is 11.8 Å². The van der Waals surface area contributed by atoms with Crippen molar-refractivity contribution in [3.63, 3.8) is 0 Å². The van der Waals surface area contributed by atoms with Crippen LogP contribution >= 0.6 is 0 Å². The van der Waals surface area contributed by atoms with E-state index in [9.17, 15) is 9.59 Å². The number of aromatic amines is 1. The summed E-state index contributed by atoms with van der Waals surface area (Å²) in [6.45, 7) is 0. The predicted octanol–water partition coefficient (Wildman–Crippen LogP) is 0.343. The van der Waals surface area contributed by atoms with Gasteiger partial charge in [0, 0.05) is 6.07 Å². The summed E-state index contributed by atoms with van der Waals surface area (Å²) in [6.07, 6.45) is 0. The van der Waals surface area contributed by atoms with E-state index in [1.54, 1.807) is 18.2 Å². The van der Waals surface area contributed by atoms with Gasteiger partial charge >= 0.3 is 0 Å². The lowest BCUT2D eigenvalue weighted by Crippen LogP contribution is -2.18. The molecular formula is C11H11N5O2. The molecule has 0 bridgehead atoms. The van der Waals surface area contributed by atoms with E-state index in [-0.39, 0.29) is 17.1 Å². The van der Waals surface area contributed by atoms with Crippen molar-refractivity contribution in [1.29, 1.82) is 0 Å². The maximum atomic E-state index is 11.8. The molecule has 7 heteroatoms. The smallest absolute Gasteiger partial charge is 0.273 e. The summed E-state index contributed by atoms with van der Waals surface area (Å²) in [6, 6.07) is 7.84. The van der Waals surface area contributed by atoms with Gasteiger partial charge in [0.2, 0.25) is 0 Å². The average Bonchev–Trinajstić information content (AvgIpc) is 2.76. The van der Waals surface area contributed by atoms with Crippen molar-refractivity contribution in [3.05, 3.63) is 41.6 Å². The number of carbonyl (C=O) groups is 2. The number of nitrogens with zero attached hydrogens (tertiary/aromatic N) is 1. The number of nitrogen functional groups attached to an aromatic ring is 1. The minimum absolute atomic E-state index is 0.201. The number of H-pyrrole nitrogens is 1. The third-order valence-electron chi connectivity index (χ3n) is 2.28. The monoisotopic (exact) mass is 245 g/mol. The Morgan fingerprint density at radius 2 is 2.00 bits per heavy atom. The van der Waals surface area contributed by atoms with Crippen LogP contribution < -0.4 is 16.8 Å². The molecule has 0 fully saturated rings. The zero-order valence-corrected chi connectivity index (χ0v) is 9.31. The van der Waals surface area contributed by atoms with Crippen molar-refractivity contribution in [2.24, 2.45) is 5.73 Å². The van der Waals surface area contributed by atoms with E-state index in [0.717, 1.165) is 0 Å². The van der Waals surface area contributed by atoms with Crippen molar-refractivity contribution in [2.45, 2.75) is 0 Å². The standard InChI is InChI=1S/C11H11N5O2/c12-9-5-8(15-16-9)11(18)14-7-4-2-1-3-6(7)10(13)17/h1-5H,(H2,13,17)(H,14,18)(H3,12,15,16). The molecule has 6 N–H and O–H groups in total. The second kappa shape index (κ2) is 4.58. The van der Waals surface area contributed by atoms with Gasteiger partial charge in [-0.3, -0.25) is 14.7 Å². The summed E-state index contributed by atoms with van der Waals surface area (Å²) in [5.74, 6) is -0.855. The van der Waals surface area contributed by atoms with Crippen LogP contribution in [0.15, 0.2) is 30.3 Å². The van der Waals surface area contributed by atoms with E-state index in [4.69, 9.17) is 11.5 Å². The normalized spacial score (nSPS) is 10.0. The van der Waals surface area contributed by atoms with Crippen LogP contribution in [0.3, 0.4) is 0 Å². The van der Waals surface area contributed by atoms with Gasteiger partial charge in [0.05, 0.1) is 11.3 Å². The van der Waals surface area contributed by atoms with Gasteiger partial charge in [0.15, 0.2) is 0 Å². The quantitative estimate of drug-likeness (QED) is 0.621. The average molecular weight is 245 g/mol. The Hall–Kier alpha value is -2.83. The zero-order valence-electron chi connectivity index (χ0n) is 9.31. The first kappa shape index (κ1) is 11.6. The number of benzene rings is 1. The number of para-hydroxylation sites is 1. The summed E-state index contributed by atoms with van der Waals surface area (Å²) >= 11 is 0. The number of hydrogen-bond acceptors (Lipinski definition) is 4. The van der Waals surface area contributed by atoms with Crippen molar-refractivity contribution in [3.8, 4) is 0 Å². The maximum absolute atomic E-state index is 11.8. The molecule has 2 aromatic rings. The number of rotatable bonds is 3. The molecule has 0 aliphatic heterocycles. The SMILES string of the molecule is NC(=O)c1ccccc1NC(=O)c1cc(N)n[nH]1. The van der Waals surface area contributed by atoms with E-state index in [0.29, 0.717) is 5.69 Å². The van der Waals surface area contributed by atoms with Crippen LogP contribution in [0.4, 0.5) is 11.5 Å². The Balaban J connectivity index is 2.24. The van der Waals surface area contributed by atoms with Gasteiger partial charge in [-0.1, -0.05) is 12.1 Å². The molecule has 0 saturated heterocycles. The Bertz CT molecular complexity index is 605. The molecule has 2 rings (SSSR count). The topological polar surface area (TPSA) is 127 Å². The van der Waals surface area contributed by atoms with E-state index >= 15 is 0 Å². The Labute approximate surface area is 102 Å². The number of primary amides is 1. The first-order valence-corrected chi connectivity index (χ1v) is 5.09. The molecule has 1 aromatic carbocycles. The lowest BCUT2D eigenvalue weighted by atomic mass is 10.1. The second-order valence-corrected chi connectivity index (χ2v) is 3.57. The molecule has 92 valence electrons. The lowest BCUT2D eigenvalue weighted by molar-refractivity contribution is 0.100. The van der Waals surface area contributed by atoms with Crippen LogP contribution in [-0.2, 0) is 0 Å². The molecule has 1 heterocycles. The number of amides is 2. The predicted molar refractivity (Wildman–Crippen MR) is 65.9 cm³/mol. The number of nitrogens with one attached hydrogen (secondary N) is 2. The van der Waals surface area contributed by atoms with Gasteiger partial charge < -0.3 is 16.8 Å². The van der Waals surface area contributed by atoms with Crippen LogP contribution in [0.5, 0.6) is 0 Å². The van der Waals surface area contributed by atoms with Gasteiger partial charge in [0.1, 0.15) is 11.5 Å². The highest BCUT2D eigenvalue weighted by molar-refractivity contribution is 6.08. The first-order valence-electron chi connectivity index (χ1n) is 5.09. The molecule has 18 heavy (non-hydrogen) atoms. The molecule has 7 nitrogen and oxygen atoms in total. The molecule has 2 amide bonds. The second-order valence-electron chi connectivity index (χ2n) is 3.57. The van der Waals surface area contributed by atoms with E-state index in [1.165, 1.54) is 12.1 Å². The number of anilines is 2. The zero-order chi connectivity index (χ0) is 13.1.